The number of hydrogen-bond acceptors (Lipinski definition) is 8. The number of hydrogen-bond donors (Lipinski definition) is 4. The molecule has 0 aliphatic carbocycles. The van der Waals surface area contributed by atoms with Gasteiger partial charge in [0.2, 0.25) is 0 Å². The SMILES string of the molecule is NC1=NS(O)(O)Nc2cccc(OCC3CCCN(C(=O)c4ccnc(-c5ccc(F)cc5)c4)C3)c21. The highest BCUT2D eigenvalue weighted by Gasteiger charge is 2.28. The van der Waals surface area contributed by atoms with E-state index in [1.54, 1.807) is 48.7 Å². The number of halogens is 1. The summed E-state index contributed by atoms with van der Waals surface area (Å²) in [5, 5.41) is 0. The first-order chi connectivity index (χ1) is 17.3. The van der Waals surface area contributed by atoms with Gasteiger partial charge in [0.1, 0.15) is 11.6 Å². The van der Waals surface area contributed by atoms with Gasteiger partial charge >= 0.3 is 0 Å². The van der Waals surface area contributed by atoms with Gasteiger partial charge in [-0.1, -0.05) is 6.07 Å². The molecule has 1 fully saturated rings. The Labute approximate surface area is 209 Å². The number of pyridine rings is 1. The molecule has 36 heavy (non-hydrogen) atoms. The summed E-state index contributed by atoms with van der Waals surface area (Å²) in [6, 6.07) is 14.6. The number of nitrogens with zero attached hydrogens (tertiary/aromatic N) is 3. The third kappa shape index (κ3) is 5.13. The molecule has 2 aromatic carbocycles. The van der Waals surface area contributed by atoms with Crippen LogP contribution in [0.2, 0.25) is 0 Å². The van der Waals surface area contributed by atoms with Crippen molar-refractivity contribution in [1.29, 1.82) is 0 Å². The summed E-state index contributed by atoms with van der Waals surface area (Å²) in [4.78, 5) is 19.4. The quantitative estimate of drug-likeness (QED) is 0.395. The van der Waals surface area contributed by atoms with E-state index in [1.165, 1.54) is 12.1 Å². The largest absolute Gasteiger partial charge is 0.492 e. The Kier molecular flexibility index (Phi) is 6.52. The average Bonchev–Trinajstić information content (AvgIpc) is 2.87. The van der Waals surface area contributed by atoms with Gasteiger partial charge in [-0.25, -0.2) is 4.39 Å². The molecule has 1 saturated heterocycles. The monoisotopic (exact) mass is 511 g/mol. The second kappa shape index (κ2) is 9.76. The van der Waals surface area contributed by atoms with Crippen LogP contribution in [-0.2, 0) is 0 Å². The highest BCUT2D eigenvalue weighted by atomic mass is 32.3. The van der Waals surface area contributed by atoms with Gasteiger partial charge in [-0.2, -0.15) is 0 Å². The van der Waals surface area contributed by atoms with Crippen molar-refractivity contribution in [2.75, 3.05) is 24.4 Å². The Morgan fingerprint density at radius 2 is 2.03 bits per heavy atom. The number of nitrogens with two attached hydrogens (primary N) is 1. The van der Waals surface area contributed by atoms with Crippen LogP contribution in [-0.4, -0.2) is 50.4 Å². The van der Waals surface area contributed by atoms with Gasteiger partial charge in [-0.3, -0.25) is 23.6 Å². The fourth-order valence-corrected chi connectivity index (χ4v) is 5.35. The van der Waals surface area contributed by atoms with E-state index in [4.69, 9.17) is 10.5 Å². The van der Waals surface area contributed by atoms with Crippen LogP contribution in [0.25, 0.3) is 11.3 Å². The number of amides is 1. The molecule has 1 amide bonds. The summed E-state index contributed by atoms with van der Waals surface area (Å²) in [5.41, 5.74) is 8.77. The van der Waals surface area contributed by atoms with Gasteiger partial charge in [0.25, 0.3) is 5.91 Å². The second-order valence-corrected chi connectivity index (χ2v) is 10.2. The molecule has 0 bridgehead atoms. The van der Waals surface area contributed by atoms with Crippen LogP contribution in [0.3, 0.4) is 0 Å². The summed E-state index contributed by atoms with van der Waals surface area (Å²) in [5.74, 6) is 0.165. The first-order valence-electron chi connectivity index (χ1n) is 11.5. The molecule has 1 aromatic heterocycles. The van der Waals surface area contributed by atoms with Crippen molar-refractivity contribution in [3.8, 4) is 17.0 Å². The number of fused-ring (bicyclic) bond motifs is 1. The van der Waals surface area contributed by atoms with Crippen LogP contribution in [0, 0.1) is 11.7 Å². The number of nitrogens with one attached hydrogen (secondary N) is 1. The Morgan fingerprint density at radius 3 is 2.83 bits per heavy atom. The second-order valence-electron chi connectivity index (χ2n) is 8.78. The predicted octanol–water partition coefficient (Wildman–Crippen LogP) is 4.53. The highest BCUT2D eigenvalue weighted by molar-refractivity contribution is 8.24. The number of likely N-dealkylation sites (tertiary alicyclic amines) is 1. The molecule has 0 spiro atoms. The zero-order chi connectivity index (χ0) is 25.3. The summed E-state index contributed by atoms with van der Waals surface area (Å²) in [6.07, 6.45) is 3.33. The molecule has 0 radical (unpaired) electrons. The van der Waals surface area contributed by atoms with E-state index in [1.807, 2.05) is 4.90 Å². The minimum Gasteiger partial charge on any atom is -0.492 e. The number of amidine groups is 1. The van der Waals surface area contributed by atoms with Crippen LogP contribution in [0.15, 0.2) is 65.2 Å². The lowest BCUT2D eigenvalue weighted by atomic mass is 9.98. The minimum absolute atomic E-state index is 0.00514. The summed E-state index contributed by atoms with van der Waals surface area (Å²) >= 11 is 0. The first kappa shape index (κ1) is 24.0. The zero-order valence-corrected chi connectivity index (χ0v) is 20.1. The molecule has 11 heteroatoms. The van der Waals surface area contributed by atoms with Gasteiger partial charge in [-0.15, -0.1) is 4.40 Å². The fourth-order valence-electron chi connectivity index (χ4n) is 4.47. The van der Waals surface area contributed by atoms with E-state index in [2.05, 4.69) is 14.1 Å². The van der Waals surface area contributed by atoms with Gasteiger partial charge in [0, 0.05) is 36.3 Å². The molecule has 5 N–H and O–H groups in total. The molecular weight excluding hydrogens is 485 g/mol. The van der Waals surface area contributed by atoms with Crippen molar-refractivity contribution in [2.24, 2.45) is 16.0 Å². The molecule has 0 saturated carbocycles. The summed E-state index contributed by atoms with van der Waals surface area (Å²) in [7, 11) is -3.37. The number of aromatic nitrogens is 1. The first-order valence-corrected chi connectivity index (χ1v) is 13.0. The molecule has 3 aromatic rings. The predicted molar refractivity (Wildman–Crippen MR) is 137 cm³/mol. The molecule has 2 aliphatic heterocycles. The number of benzene rings is 2. The lowest BCUT2D eigenvalue weighted by Gasteiger charge is -2.34. The molecule has 1 unspecified atom stereocenters. The topological polar surface area (TPSA) is 133 Å². The maximum atomic E-state index is 13.3. The van der Waals surface area contributed by atoms with Crippen molar-refractivity contribution < 1.29 is 23.0 Å². The maximum Gasteiger partial charge on any atom is 0.253 e. The van der Waals surface area contributed by atoms with Crippen LogP contribution in [0.5, 0.6) is 5.75 Å². The number of rotatable bonds is 5. The molecule has 5 rings (SSSR count). The Hall–Kier alpha value is -3.67. The molecule has 9 nitrogen and oxygen atoms in total. The van der Waals surface area contributed by atoms with Crippen LogP contribution < -0.4 is 15.2 Å². The zero-order valence-electron chi connectivity index (χ0n) is 19.3. The van der Waals surface area contributed by atoms with Crippen molar-refractivity contribution in [3.63, 3.8) is 0 Å². The summed E-state index contributed by atoms with van der Waals surface area (Å²) in [6.45, 7) is 1.54. The van der Waals surface area contributed by atoms with Gasteiger partial charge in [0.15, 0.2) is 5.84 Å². The standard InChI is InChI=1S/C25H26FN5O4S/c26-19-8-6-17(7-9-19)21-13-18(10-11-28-21)25(32)31-12-2-3-16(14-31)15-35-22-5-1-4-20-23(22)24(27)30-36(33,34)29-20/h1,4-11,13,16,29,33-34H,2-3,12,14-15H2,(H2,27,30). The van der Waals surface area contributed by atoms with E-state index >= 15 is 0 Å². The third-order valence-corrected chi connectivity index (χ3v) is 7.13. The number of anilines is 1. The lowest BCUT2D eigenvalue weighted by Crippen LogP contribution is -2.41. The molecule has 188 valence electrons. The highest BCUT2D eigenvalue weighted by Crippen LogP contribution is 2.46. The minimum atomic E-state index is -3.37. The van der Waals surface area contributed by atoms with Gasteiger partial charge in [0.05, 0.1) is 23.6 Å². The number of ether oxygens (including phenoxy) is 1. The number of carbonyl (C=O) groups excluding carboxylic acids is 1. The number of carbonyl (C=O) groups is 1. The van der Waals surface area contributed by atoms with E-state index in [0.29, 0.717) is 48.0 Å². The third-order valence-electron chi connectivity index (χ3n) is 6.18. The normalized spacial score (nSPS) is 19.5. The van der Waals surface area contributed by atoms with E-state index in [9.17, 15) is 18.3 Å². The van der Waals surface area contributed by atoms with Crippen molar-refractivity contribution in [1.82, 2.24) is 9.88 Å². The molecule has 3 heterocycles. The Balaban J connectivity index is 1.26. The molecule has 1 atom stereocenters. The van der Waals surface area contributed by atoms with Crippen molar-refractivity contribution >= 4 is 28.4 Å². The smallest absolute Gasteiger partial charge is 0.253 e. The van der Waals surface area contributed by atoms with Gasteiger partial charge in [-0.05, 0) is 72.3 Å². The average molecular weight is 512 g/mol. The van der Waals surface area contributed by atoms with E-state index < -0.39 is 11.0 Å². The molecule has 2 aliphatic rings. The van der Waals surface area contributed by atoms with Crippen molar-refractivity contribution in [3.05, 3.63) is 77.7 Å². The summed E-state index contributed by atoms with van der Waals surface area (Å²) < 4.78 is 45.3. The lowest BCUT2D eigenvalue weighted by molar-refractivity contribution is 0.0633. The van der Waals surface area contributed by atoms with Crippen LogP contribution >= 0.6 is 11.0 Å². The van der Waals surface area contributed by atoms with Crippen LogP contribution in [0.4, 0.5) is 10.1 Å². The van der Waals surface area contributed by atoms with E-state index in [-0.39, 0.29) is 23.5 Å². The Morgan fingerprint density at radius 1 is 1.22 bits per heavy atom. The fraction of sp³-hybridized carbons (Fsp3) is 0.240. The Bertz CT molecular complexity index is 1320. The number of piperidine rings is 1. The van der Waals surface area contributed by atoms with Crippen molar-refractivity contribution in [2.45, 2.75) is 12.8 Å². The molecular formula is C25H26FN5O4S. The van der Waals surface area contributed by atoms with E-state index in [0.717, 1.165) is 18.4 Å². The van der Waals surface area contributed by atoms with Gasteiger partial charge < -0.3 is 15.4 Å². The maximum absolute atomic E-state index is 13.3. The van der Waals surface area contributed by atoms with Crippen LogP contribution in [0.1, 0.15) is 28.8 Å².